The number of carbonyl (C=O) groups excluding carboxylic acids is 3. The van der Waals surface area contributed by atoms with Gasteiger partial charge in [-0.2, -0.15) is 0 Å². The van der Waals surface area contributed by atoms with Gasteiger partial charge >= 0.3 is 5.97 Å². The van der Waals surface area contributed by atoms with Crippen LogP contribution in [-0.4, -0.2) is 49.2 Å². The molecule has 3 rings (SSSR count). The number of amides is 2. The van der Waals surface area contributed by atoms with Gasteiger partial charge < -0.3 is 24.8 Å². The Kier molecular flexibility index (Phi) is 11.1. The lowest BCUT2D eigenvalue weighted by Gasteiger charge is -2.37. The largest absolute Gasteiger partial charge is 0.496 e. The van der Waals surface area contributed by atoms with Gasteiger partial charge in [0.1, 0.15) is 11.4 Å². The number of hydrogen-bond donors (Lipinski definition) is 2. The molecule has 9 heteroatoms. The second kappa shape index (κ2) is 13.9. The first kappa shape index (κ1) is 32.7. The maximum atomic E-state index is 15.0. The summed E-state index contributed by atoms with van der Waals surface area (Å²) in [6, 6.07) is 2.22. The van der Waals surface area contributed by atoms with E-state index in [-0.39, 0.29) is 47.0 Å². The molecule has 0 unspecified atom stereocenters. The third kappa shape index (κ3) is 8.58. The highest BCUT2D eigenvalue weighted by molar-refractivity contribution is 5.98. The Hall–Kier alpha value is -2.84. The number of hydrogen-bond acceptors (Lipinski definition) is 6. The highest BCUT2D eigenvalue weighted by atomic mass is 19.1. The molecular weight excluding hydrogens is 527 g/mol. The zero-order valence-electron chi connectivity index (χ0n) is 25.9. The third-order valence-corrected chi connectivity index (χ3v) is 8.61. The van der Waals surface area contributed by atoms with E-state index in [1.807, 2.05) is 27.7 Å². The molecule has 2 amide bonds. The van der Waals surface area contributed by atoms with E-state index in [9.17, 15) is 14.4 Å². The summed E-state index contributed by atoms with van der Waals surface area (Å²) in [6.45, 7) is 12.3. The smallest absolute Gasteiger partial charge is 0.312 e. The molecule has 0 bridgehead atoms. The van der Waals surface area contributed by atoms with E-state index in [4.69, 9.17) is 14.2 Å². The van der Waals surface area contributed by atoms with Crippen LogP contribution in [0, 0.1) is 23.1 Å². The third-order valence-electron chi connectivity index (χ3n) is 8.61. The van der Waals surface area contributed by atoms with E-state index in [1.54, 1.807) is 0 Å². The predicted molar refractivity (Wildman–Crippen MR) is 155 cm³/mol. The number of ether oxygens (including phenoxy) is 3. The minimum absolute atomic E-state index is 0.0345. The van der Waals surface area contributed by atoms with Crippen LogP contribution >= 0.6 is 0 Å². The fourth-order valence-corrected chi connectivity index (χ4v) is 5.75. The molecule has 0 aromatic heterocycles. The molecule has 0 radical (unpaired) electrons. The van der Waals surface area contributed by atoms with Gasteiger partial charge in [0.15, 0.2) is 11.6 Å². The summed E-state index contributed by atoms with van der Waals surface area (Å²) in [5, 5.41) is 6.06. The second-order valence-electron chi connectivity index (χ2n) is 12.9. The summed E-state index contributed by atoms with van der Waals surface area (Å²) in [6.07, 6.45) is 6.16. The van der Waals surface area contributed by atoms with Gasteiger partial charge in [0.25, 0.3) is 5.91 Å². The van der Waals surface area contributed by atoms with Gasteiger partial charge in [0.2, 0.25) is 5.91 Å². The fourth-order valence-electron chi connectivity index (χ4n) is 5.75. The van der Waals surface area contributed by atoms with Crippen molar-refractivity contribution in [1.82, 2.24) is 10.6 Å². The van der Waals surface area contributed by atoms with E-state index in [1.165, 1.54) is 13.2 Å². The van der Waals surface area contributed by atoms with Crippen LogP contribution in [0.3, 0.4) is 0 Å². The van der Waals surface area contributed by atoms with E-state index < -0.39 is 22.7 Å². The highest BCUT2D eigenvalue weighted by Gasteiger charge is 2.41. The lowest BCUT2D eigenvalue weighted by molar-refractivity contribution is -0.169. The molecule has 2 saturated carbocycles. The molecule has 2 aliphatic rings. The first-order valence-electron chi connectivity index (χ1n) is 15.2. The monoisotopic (exact) mass is 576 g/mol. The molecule has 0 aliphatic heterocycles. The van der Waals surface area contributed by atoms with Crippen molar-refractivity contribution in [2.45, 2.75) is 117 Å². The Morgan fingerprint density at radius 3 is 2.29 bits per heavy atom. The zero-order valence-corrected chi connectivity index (χ0v) is 25.9. The number of benzene rings is 1. The van der Waals surface area contributed by atoms with Gasteiger partial charge in [-0.3, -0.25) is 14.4 Å². The maximum absolute atomic E-state index is 15.0. The first-order chi connectivity index (χ1) is 19.3. The summed E-state index contributed by atoms with van der Waals surface area (Å²) in [5.41, 5.74) is -1.03. The van der Waals surface area contributed by atoms with Crippen LogP contribution in [-0.2, 0) is 14.3 Å². The van der Waals surface area contributed by atoms with Gasteiger partial charge in [0.05, 0.1) is 30.1 Å². The Labute approximate surface area is 244 Å². The molecule has 2 aliphatic carbocycles. The minimum atomic E-state index is -0.626. The van der Waals surface area contributed by atoms with E-state index in [2.05, 4.69) is 24.5 Å². The van der Waals surface area contributed by atoms with Crippen LogP contribution in [0.15, 0.2) is 12.1 Å². The Morgan fingerprint density at radius 1 is 1.05 bits per heavy atom. The molecule has 230 valence electrons. The molecule has 0 heterocycles. The SMILES string of the molecule is CCC(CC)CNC(=O)[C@H]1CCC[C@H]1NC(=O)c1cc(O[C@H]2CC[C@@](C)(C(=O)OC(C)(C)C)CC2)c(F)cc1OC. The zero-order chi connectivity index (χ0) is 30.4. The van der Waals surface area contributed by atoms with Gasteiger partial charge in [-0.05, 0) is 78.2 Å². The molecule has 2 fully saturated rings. The van der Waals surface area contributed by atoms with Crippen LogP contribution in [0.2, 0.25) is 0 Å². The van der Waals surface area contributed by atoms with Crippen molar-refractivity contribution in [3.63, 3.8) is 0 Å². The Balaban J connectivity index is 1.66. The van der Waals surface area contributed by atoms with Crippen LogP contribution in [0.1, 0.15) is 110 Å². The number of methoxy groups -OCH3 is 1. The predicted octanol–water partition coefficient (Wildman–Crippen LogP) is 5.95. The summed E-state index contributed by atoms with van der Waals surface area (Å²) in [7, 11) is 1.38. The van der Waals surface area contributed by atoms with Crippen molar-refractivity contribution in [2.24, 2.45) is 17.3 Å². The minimum Gasteiger partial charge on any atom is -0.496 e. The maximum Gasteiger partial charge on any atom is 0.312 e. The molecule has 1 aromatic rings. The van der Waals surface area contributed by atoms with Gasteiger partial charge in [0, 0.05) is 18.7 Å². The number of rotatable bonds is 11. The normalized spacial score (nSPS) is 24.6. The van der Waals surface area contributed by atoms with E-state index in [0.29, 0.717) is 51.0 Å². The number of nitrogens with one attached hydrogen (secondary N) is 2. The molecule has 0 saturated heterocycles. The average Bonchev–Trinajstić information content (AvgIpc) is 3.38. The van der Waals surface area contributed by atoms with Crippen LogP contribution in [0.4, 0.5) is 4.39 Å². The number of carbonyl (C=O) groups is 3. The first-order valence-corrected chi connectivity index (χ1v) is 15.2. The lowest BCUT2D eigenvalue weighted by atomic mass is 9.74. The van der Waals surface area contributed by atoms with Gasteiger partial charge in [-0.15, -0.1) is 0 Å². The summed E-state index contributed by atoms with van der Waals surface area (Å²) in [5.74, 6) is -1.13. The van der Waals surface area contributed by atoms with Crippen LogP contribution in [0.25, 0.3) is 0 Å². The average molecular weight is 577 g/mol. The van der Waals surface area contributed by atoms with Crippen molar-refractivity contribution in [2.75, 3.05) is 13.7 Å². The molecule has 41 heavy (non-hydrogen) atoms. The molecule has 0 spiro atoms. The molecule has 8 nitrogen and oxygen atoms in total. The summed E-state index contributed by atoms with van der Waals surface area (Å²) >= 11 is 0. The summed E-state index contributed by atoms with van der Waals surface area (Å²) in [4.78, 5) is 39.0. The Bertz CT molecular complexity index is 1070. The van der Waals surface area contributed by atoms with Crippen molar-refractivity contribution in [3.05, 3.63) is 23.5 Å². The molecule has 2 atom stereocenters. The van der Waals surface area contributed by atoms with Crippen LogP contribution in [0.5, 0.6) is 11.5 Å². The highest BCUT2D eigenvalue weighted by Crippen LogP contribution is 2.40. The number of halogens is 1. The van der Waals surface area contributed by atoms with Gasteiger partial charge in [-0.1, -0.05) is 33.1 Å². The topological polar surface area (TPSA) is 103 Å². The quantitative estimate of drug-likeness (QED) is 0.316. The second-order valence-corrected chi connectivity index (χ2v) is 12.9. The van der Waals surface area contributed by atoms with Crippen molar-refractivity contribution in [1.29, 1.82) is 0 Å². The van der Waals surface area contributed by atoms with E-state index in [0.717, 1.165) is 25.3 Å². The van der Waals surface area contributed by atoms with Crippen molar-refractivity contribution in [3.8, 4) is 11.5 Å². The van der Waals surface area contributed by atoms with Gasteiger partial charge in [-0.25, -0.2) is 4.39 Å². The fraction of sp³-hybridized carbons (Fsp3) is 0.719. The molecular formula is C32H49FN2O6. The summed E-state index contributed by atoms with van der Waals surface area (Å²) < 4.78 is 32.0. The number of esters is 1. The van der Waals surface area contributed by atoms with Crippen LogP contribution < -0.4 is 20.1 Å². The van der Waals surface area contributed by atoms with E-state index >= 15 is 4.39 Å². The Morgan fingerprint density at radius 2 is 1.71 bits per heavy atom. The standard InChI is InChI=1S/C32H49FN2O6/c1-8-20(9-2)19-34-28(36)22-11-10-12-25(22)35-29(37)23-17-27(24(33)18-26(23)39-7)40-21-13-15-32(6,16-14-21)30(38)41-31(3,4)5/h17-18,20-22,25H,8-16,19H2,1-7H3,(H,34,36)(H,35,37)/t21-,22-,25+,32+/m0/s1. The molecule has 2 N–H and O–H groups in total. The molecule has 1 aromatic carbocycles. The van der Waals surface area contributed by atoms with Crippen molar-refractivity contribution >= 4 is 17.8 Å². The lowest BCUT2D eigenvalue weighted by Crippen LogP contribution is -2.45. The van der Waals surface area contributed by atoms with Crippen molar-refractivity contribution < 1.29 is 33.0 Å².